The zero-order chi connectivity index (χ0) is 7.56. The molecule has 0 saturated heterocycles. The van der Waals surface area contributed by atoms with Crippen LogP contribution in [-0.2, 0) is 6.67 Å². The zero-order valence-corrected chi connectivity index (χ0v) is 6.76. The summed E-state index contributed by atoms with van der Waals surface area (Å²) in [7, 11) is 4.25. The number of nitrogens with one attached hydrogen (secondary N) is 1. The van der Waals surface area contributed by atoms with Crippen LogP contribution in [0, 0.1) is 6.92 Å². The minimum atomic E-state index is 0.992. The van der Waals surface area contributed by atoms with Crippen molar-refractivity contribution in [1.29, 1.82) is 0 Å². The van der Waals surface area contributed by atoms with E-state index in [0.29, 0.717) is 0 Å². The predicted octanol–water partition coefficient (Wildman–Crippen LogP) is -0.706. The first kappa shape index (κ1) is 7.28. The lowest BCUT2D eigenvalue weighted by molar-refractivity contribution is -0.882. The third kappa shape index (κ3) is 1.57. The summed E-state index contributed by atoms with van der Waals surface area (Å²) in [5, 5.41) is 0. The molecule has 0 aliphatic rings. The van der Waals surface area contributed by atoms with Crippen LogP contribution >= 0.6 is 0 Å². The Hall–Kier alpha value is -0.830. The molecule has 10 heavy (non-hydrogen) atoms. The number of aromatic nitrogens is 2. The molecule has 56 valence electrons. The van der Waals surface area contributed by atoms with Crippen LogP contribution in [0.15, 0.2) is 12.4 Å². The predicted molar refractivity (Wildman–Crippen MR) is 39.8 cm³/mol. The first-order valence-corrected chi connectivity index (χ1v) is 3.47. The first-order chi connectivity index (χ1) is 4.70. The van der Waals surface area contributed by atoms with Gasteiger partial charge < -0.3 is 4.90 Å². The molecule has 0 aromatic carbocycles. The van der Waals surface area contributed by atoms with E-state index in [1.165, 1.54) is 4.90 Å². The summed E-state index contributed by atoms with van der Waals surface area (Å²) < 4.78 is 2.13. The summed E-state index contributed by atoms with van der Waals surface area (Å²) in [6.45, 7) is 3.01. The fraction of sp³-hybridized carbons (Fsp3) is 0.571. The van der Waals surface area contributed by atoms with Crippen molar-refractivity contribution in [3.8, 4) is 0 Å². The fourth-order valence-electron chi connectivity index (χ4n) is 0.912. The van der Waals surface area contributed by atoms with E-state index in [4.69, 9.17) is 0 Å². The van der Waals surface area contributed by atoms with E-state index in [0.717, 1.165) is 12.5 Å². The maximum atomic E-state index is 4.12. The van der Waals surface area contributed by atoms with E-state index in [9.17, 15) is 0 Å². The first-order valence-electron chi connectivity index (χ1n) is 3.47. The third-order valence-corrected chi connectivity index (χ3v) is 1.41. The van der Waals surface area contributed by atoms with E-state index < -0.39 is 0 Å². The minimum absolute atomic E-state index is 0.992. The van der Waals surface area contributed by atoms with Crippen molar-refractivity contribution in [3.05, 3.63) is 18.2 Å². The van der Waals surface area contributed by atoms with Crippen LogP contribution in [-0.4, -0.2) is 23.6 Å². The average Bonchev–Trinajstić information content (AvgIpc) is 2.15. The monoisotopic (exact) mass is 140 g/mol. The topological polar surface area (TPSA) is 22.3 Å². The van der Waals surface area contributed by atoms with Gasteiger partial charge in [0.2, 0.25) is 0 Å². The van der Waals surface area contributed by atoms with E-state index in [1.54, 1.807) is 0 Å². The summed E-state index contributed by atoms with van der Waals surface area (Å²) in [5.74, 6) is 1.08. The van der Waals surface area contributed by atoms with E-state index in [2.05, 4.69) is 23.6 Å². The lowest BCUT2D eigenvalue weighted by Gasteiger charge is -2.08. The van der Waals surface area contributed by atoms with Gasteiger partial charge in [0, 0.05) is 12.4 Å². The Kier molecular flexibility index (Phi) is 2.06. The summed E-state index contributed by atoms with van der Waals surface area (Å²) in [6, 6.07) is 0. The van der Waals surface area contributed by atoms with Gasteiger partial charge in [0.25, 0.3) is 0 Å². The van der Waals surface area contributed by atoms with Gasteiger partial charge in [-0.25, -0.2) is 4.98 Å². The molecule has 0 aliphatic heterocycles. The molecule has 0 atom stereocenters. The number of aryl methyl sites for hydroxylation is 1. The second kappa shape index (κ2) is 2.84. The Balaban J connectivity index is 2.65. The molecule has 3 heteroatoms. The van der Waals surface area contributed by atoms with Gasteiger partial charge in [-0.3, -0.25) is 4.57 Å². The standard InChI is InChI=1S/C7H13N3/c1-7-8-4-5-10(7)6-9(2)3/h4-5H,6H2,1-3H3/p+1. The highest BCUT2D eigenvalue weighted by atomic mass is 15.2. The van der Waals surface area contributed by atoms with E-state index >= 15 is 0 Å². The van der Waals surface area contributed by atoms with Crippen LogP contribution in [0.3, 0.4) is 0 Å². The Morgan fingerprint density at radius 3 is 2.70 bits per heavy atom. The van der Waals surface area contributed by atoms with Gasteiger partial charge in [-0.1, -0.05) is 0 Å². The number of quaternary nitrogens is 1. The smallest absolute Gasteiger partial charge is 0.157 e. The van der Waals surface area contributed by atoms with Crippen molar-refractivity contribution >= 4 is 0 Å². The Bertz CT molecular complexity index is 202. The molecule has 1 heterocycles. The molecule has 0 saturated carbocycles. The maximum absolute atomic E-state index is 4.12. The van der Waals surface area contributed by atoms with Crippen LogP contribution in [0.1, 0.15) is 5.82 Å². The SMILES string of the molecule is Cc1nccn1C[NH+](C)C. The van der Waals surface area contributed by atoms with Crippen LogP contribution < -0.4 is 4.90 Å². The lowest BCUT2D eigenvalue weighted by atomic mass is 10.7. The highest BCUT2D eigenvalue weighted by Crippen LogP contribution is 1.89. The van der Waals surface area contributed by atoms with Crippen molar-refractivity contribution in [2.24, 2.45) is 0 Å². The highest BCUT2D eigenvalue weighted by molar-refractivity contribution is 4.86. The Labute approximate surface area is 61.3 Å². The van der Waals surface area contributed by atoms with Crippen molar-refractivity contribution in [2.45, 2.75) is 13.6 Å². The number of hydrogen-bond acceptors (Lipinski definition) is 1. The van der Waals surface area contributed by atoms with Crippen LogP contribution in [0.25, 0.3) is 0 Å². The second-order valence-electron chi connectivity index (χ2n) is 2.81. The van der Waals surface area contributed by atoms with Gasteiger partial charge in [-0.15, -0.1) is 0 Å². The van der Waals surface area contributed by atoms with Crippen molar-refractivity contribution < 1.29 is 4.90 Å². The molecule has 0 radical (unpaired) electrons. The Morgan fingerprint density at radius 2 is 2.30 bits per heavy atom. The van der Waals surface area contributed by atoms with Gasteiger partial charge in [0.15, 0.2) is 6.67 Å². The maximum Gasteiger partial charge on any atom is 0.157 e. The molecule has 3 nitrogen and oxygen atoms in total. The molecule has 0 amide bonds. The van der Waals surface area contributed by atoms with Crippen molar-refractivity contribution in [1.82, 2.24) is 9.55 Å². The molecule has 0 bridgehead atoms. The normalized spacial score (nSPS) is 10.8. The van der Waals surface area contributed by atoms with Crippen LogP contribution in [0.2, 0.25) is 0 Å². The third-order valence-electron chi connectivity index (χ3n) is 1.41. The summed E-state index contributed by atoms with van der Waals surface area (Å²) >= 11 is 0. The molecular formula is C7H14N3+. The summed E-state index contributed by atoms with van der Waals surface area (Å²) in [5.41, 5.74) is 0. The quantitative estimate of drug-likeness (QED) is 0.576. The van der Waals surface area contributed by atoms with Crippen LogP contribution in [0.5, 0.6) is 0 Å². The molecular weight excluding hydrogens is 126 g/mol. The van der Waals surface area contributed by atoms with Gasteiger partial charge in [0.05, 0.1) is 14.1 Å². The largest absolute Gasteiger partial charge is 0.322 e. The summed E-state index contributed by atoms with van der Waals surface area (Å²) in [4.78, 5) is 5.52. The number of hydrogen-bond donors (Lipinski definition) is 1. The zero-order valence-electron chi connectivity index (χ0n) is 6.76. The molecule has 0 unspecified atom stereocenters. The molecule has 0 spiro atoms. The fourth-order valence-corrected chi connectivity index (χ4v) is 0.912. The molecule has 1 rings (SSSR count). The van der Waals surface area contributed by atoms with Crippen molar-refractivity contribution in [2.75, 3.05) is 14.1 Å². The molecule has 0 fully saturated rings. The van der Waals surface area contributed by atoms with Gasteiger partial charge in [0.1, 0.15) is 5.82 Å². The van der Waals surface area contributed by atoms with Crippen LogP contribution in [0.4, 0.5) is 0 Å². The minimum Gasteiger partial charge on any atom is -0.322 e. The summed E-state index contributed by atoms with van der Waals surface area (Å²) in [6.07, 6.45) is 3.83. The van der Waals surface area contributed by atoms with Gasteiger partial charge in [-0.05, 0) is 6.92 Å². The number of rotatable bonds is 2. The number of imidazole rings is 1. The lowest BCUT2D eigenvalue weighted by Crippen LogP contribution is -3.05. The Morgan fingerprint density at radius 1 is 1.60 bits per heavy atom. The van der Waals surface area contributed by atoms with E-state index in [1.807, 2.05) is 19.3 Å². The molecule has 1 N–H and O–H groups in total. The van der Waals surface area contributed by atoms with Crippen molar-refractivity contribution in [3.63, 3.8) is 0 Å². The van der Waals surface area contributed by atoms with E-state index in [-0.39, 0.29) is 0 Å². The molecule has 1 aromatic rings. The molecule has 1 aromatic heterocycles. The highest BCUT2D eigenvalue weighted by Gasteiger charge is 1.97. The van der Waals surface area contributed by atoms with Gasteiger partial charge in [-0.2, -0.15) is 0 Å². The second-order valence-corrected chi connectivity index (χ2v) is 2.81. The van der Waals surface area contributed by atoms with Gasteiger partial charge >= 0.3 is 0 Å². The average molecular weight is 140 g/mol. The number of nitrogens with zero attached hydrogens (tertiary/aromatic N) is 2. The molecule has 0 aliphatic carbocycles.